The summed E-state index contributed by atoms with van der Waals surface area (Å²) in [7, 11) is 0. The van der Waals surface area contributed by atoms with E-state index in [1.807, 2.05) is 0 Å². The van der Waals surface area contributed by atoms with Gasteiger partial charge in [-0.2, -0.15) is 0 Å². The summed E-state index contributed by atoms with van der Waals surface area (Å²) in [6, 6.07) is 5.64. The van der Waals surface area contributed by atoms with Gasteiger partial charge < -0.3 is 31.1 Å². The van der Waals surface area contributed by atoms with Gasteiger partial charge in [-0.05, 0) is 24.3 Å². The molecule has 8 N–H and O–H groups in total. The predicted molar refractivity (Wildman–Crippen MR) is 110 cm³/mol. The van der Waals surface area contributed by atoms with E-state index in [2.05, 4.69) is 21.3 Å². The number of carbonyl (C=O) groups is 2. The summed E-state index contributed by atoms with van der Waals surface area (Å²) in [4.78, 5) is 26.5. The number of rotatable bonds is 10. The van der Waals surface area contributed by atoms with Crippen LogP contribution in [0.25, 0.3) is 0 Å². The number of aliphatic hydroxyl groups is 2. The maximum absolute atomic E-state index is 13.3. The zero-order valence-corrected chi connectivity index (χ0v) is 16.2. The molecule has 1 aliphatic carbocycles. The van der Waals surface area contributed by atoms with Crippen molar-refractivity contribution in [1.82, 2.24) is 10.6 Å². The monoisotopic (exact) mass is 416 g/mol. The van der Waals surface area contributed by atoms with E-state index < -0.39 is 11.6 Å². The van der Waals surface area contributed by atoms with Crippen LogP contribution in [-0.4, -0.2) is 71.6 Å². The van der Waals surface area contributed by atoms with E-state index in [1.54, 1.807) is 12.1 Å². The average molecular weight is 416 g/mol. The summed E-state index contributed by atoms with van der Waals surface area (Å²) in [5.41, 5.74) is 0.521. The number of benzene rings is 2. The number of fused-ring (bicyclic) bond motifs is 2. The average Bonchev–Trinajstić information content (AvgIpc) is 2.74. The van der Waals surface area contributed by atoms with E-state index in [4.69, 9.17) is 10.2 Å². The minimum atomic E-state index is -0.581. The van der Waals surface area contributed by atoms with Crippen LogP contribution in [0.3, 0.4) is 0 Å². The lowest BCUT2D eigenvalue weighted by Gasteiger charge is -2.25. The van der Waals surface area contributed by atoms with Crippen LogP contribution in [0.5, 0.6) is 11.5 Å². The second-order valence-electron chi connectivity index (χ2n) is 6.59. The molecule has 0 unspecified atom stereocenters. The molecule has 0 atom stereocenters. The van der Waals surface area contributed by atoms with Gasteiger partial charge in [-0.25, -0.2) is 0 Å². The standard InChI is InChI=1S/C20H24N4O6/c25-9-21-5-7-23-11-1-2-12(24-8-6-22-10-26)16-15(11)19(29)17-13(27)3-4-14(28)18(17)20(16)30/h1-4,21-28H,5-10H2. The normalized spacial score (nSPS) is 12.5. The van der Waals surface area contributed by atoms with E-state index in [9.17, 15) is 19.8 Å². The minimum Gasteiger partial charge on any atom is -0.507 e. The van der Waals surface area contributed by atoms with Crippen molar-refractivity contribution in [2.24, 2.45) is 0 Å². The van der Waals surface area contributed by atoms with Crippen molar-refractivity contribution in [2.45, 2.75) is 0 Å². The number of carbonyl (C=O) groups excluding carboxylic acids is 2. The molecule has 0 radical (unpaired) electrons. The smallest absolute Gasteiger partial charge is 0.200 e. The SMILES string of the molecule is O=C1c2c(O)ccc(O)c2C(=O)c2c(NCCNCO)ccc(NCCNCO)c21. The summed E-state index contributed by atoms with van der Waals surface area (Å²) < 4.78 is 0. The van der Waals surface area contributed by atoms with Gasteiger partial charge in [0.25, 0.3) is 0 Å². The first-order chi connectivity index (χ1) is 14.5. The van der Waals surface area contributed by atoms with Crippen molar-refractivity contribution < 1.29 is 30.0 Å². The Bertz CT molecular complexity index is 887. The van der Waals surface area contributed by atoms with Crippen molar-refractivity contribution in [3.05, 3.63) is 46.5 Å². The molecule has 0 fully saturated rings. The second-order valence-corrected chi connectivity index (χ2v) is 6.59. The molecule has 3 rings (SSSR count). The summed E-state index contributed by atoms with van der Waals surface area (Å²) in [5, 5.41) is 49.7. The first-order valence-corrected chi connectivity index (χ1v) is 9.43. The Kier molecular flexibility index (Phi) is 6.85. The summed E-state index contributed by atoms with van der Waals surface area (Å²) >= 11 is 0. The first-order valence-electron chi connectivity index (χ1n) is 9.43. The van der Waals surface area contributed by atoms with Crippen LogP contribution >= 0.6 is 0 Å². The van der Waals surface area contributed by atoms with Gasteiger partial charge in [-0.1, -0.05) is 0 Å². The molecule has 2 aromatic carbocycles. The Hall–Kier alpha value is -3.18. The molecule has 0 bridgehead atoms. The van der Waals surface area contributed by atoms with Crippen LogP contribution in [0, 0.1) is 0 Å². The quantitative estimate of drug-likeness (QED) is 0.126. The molecule has 0 saturated carbocycles. The van der Waals surface area contributed by atoms with Crippen LogP contribution in [-0.2, 0) is 0 Å². The highest BCUT2D eigenvalue weighted by atomic mass is 16.3. The van der Waals surface area contributed by atoms with E-state index in [1.165, 1.54) is 12.1 Å². The molecule has 10 heteroatoms. The van der Waals surface area contributed by atoms with Crippen LogP contribution in [0.15, 0.2) is 24.3 Å². The van der Waals surface area contributed by atoms with E-state index in [0.29, 0.717) is 37.6 Å². The Balaban J connectivity index is 2.06. The number of aromatic hydroxyl groups is 2. The Morgan fingerprint density at radius 2 is 1.00 bits per heavy atom. The molecular weight excluding hydrogens is 392 g/mol. The maximum Gasteiger partial charge on any atom is 0.200 e. The molecular formula is C20H24N4O6. The fourth-order valence-corrected chi connectivity index (χ4v) is 3.39. The third-order valence-electron chi connectivity index (χ3n) is 4.73. The van der Waals surface area contributed by atoms with Gasteiger partial charge in [-0.3, -0.25) is 20.2 Å². The lowest BCUT2D eigenvalue weighted by molar-refractivity contribution is 0.0975. The number of phenols is 2. The predicted octanol–water partition coefficient (Wildman–Crippen LogP) is -0.224. The number of hydrogen-bond acceptors (Lipinski definition) is 10. The van der Waals surface area contributed by atoms with Gasteiger partial charge in [0.2, 0.25) is 11.6 Å². The maximum atomic E-state index is 13.3. The summed E-state index contributed by atoms with van der Waals surface area (Å²) in [5.74, 6) is -1.93. The van der Waals surface area contributed by atoms with Crippen molar-refractivity contribution >= 4 is 22.9 Å². The van der Waals surface area contributed by atoms with Crippen molar-refractivity contribution in [2.75, 3.05) is 50.3 Å². The highest BCUT2D eigenvalue weighted by Gasteiger charge is 2.37. The van der Waals surface area contributed by atoms with Gasteiger partial charge in [0.05, 0.1) is 35.7 Å². The summed E-state index contributed by atoms with van der Waals surface area (Å²) in [6.45, 7) is 1.21. The third kappa shape index (κ3) is 4.07. The second kappa shape index (κ2) is 9.55. The Morgan fingerprint density at radius 1 is 0.600 bits per heavy atom. The van der Waals surface area contributed by atoms with Crippen LogP contribution in [0.2, 0.25) is 0 Å². The molecule has 0 aromatic heterocycles. The molecule has 0 aliphatic heterocycles. The number of nitrogens with one attached hydrogen (secondary N) is 4. The lowest BCUT2D eigenvalue weighted by atomic mass is 9.81. The minimum absolute atomic E-state index is 0.0949. The van der Waals surface area contributed by atoms with Gasteiger partial charge in [0, 0.05) is 37.6 Å². The molecule has 10 nitrogen and oxygen atoms in total. The number of ketones is 2. The zero-order chi connectivity index (χ0) is 21.7. The lowest BCUT2D eigenvalue weighted by Crippen LogP contribution is -2.28. The molecule has 160 valence electrons. The third-order valence-corrected chi connectivity index (χ3v) is 4.73. The van der Waals surface area contributed by atoms with Crippen LogP contribution in [0.1, 0.15) is 31.8 Å². The molecule has 0 spiro atoms. The Labute approximate surface area is 172 Å². The fraction of sp³-hybridized carbons (Fsp3) is 0.300. The topological polar surface area (TPSA) is 163 Å². The number of phenolic OH excluding ortho intramolecular Hbond substituents is 2. The highest BCUT2D eigenvalue weighted by molar-refractivity contribution is 6.33. The van der Waals surface area contributed by atoms with Crippen molar-refractivity contribution in [3.8, 4) is 11.5 Å². The van der Waals surface area contributed by atoms with Crippen LogP contribution < -0.4 is 21.3 Å². The number of anilines is 2. The van der Waals surface area contributed by atoms with Gasteiger partial charge >= 0.3 is 0 Å². The molecule has 2 aromatic rings. The molecule has 0 saturated heterocycles. The molecule has 0 heterocycles. The number of aliphatic hydroxyl groups excluding tert-OH is 2. The zero-order valence-electron chi connectivity index (χ0n) is 16.2. The summed E-state index contributed by atoms with van der Waals surface area (Å²) in [6.07, 6.45) is 0. The van der Waals surface area contributed by atoms with Crippen molar-refractivity contribution in [1.29, 1.82) is 0 Å². The van der Waals surface area contributed by atoms with E-state index >= 15 is 0 Å². The molecule has 1 aliphatic rings. The molecule has 30 heavy (non-hydrogen) atoms. The highest BCUT2D eigenvalue weighted by Crippen LogP contribution is 2.42. The largest absolute Gasteiger partial charge is 0.507 e. The van der Waals surface area contributed by atoms with Gasteiger partial charge in [0.1, 0.15) is 11.5 Å². The van der Waals surface area contributed by atoms with E-state index in [0.717, 1.165) is 0 Å². The molecule has 0 amide bonds. The van der Waals surface area contributed by atoms with E-state index in [-0.39, 0.29) is 47.2 Å². The Morgan fingerprint density at radius 3 is 1.37 bits per heavy atom. The van der Waals surface area contributed by atoms with Crippen molar-refractivity contribution in [3.63, 3.8) is 0 Å². The first kappa shape index (κ1) is 21.5. The fourth-order valence-electron chi connectivity index (χ4n) is 3.39. The van der Waals surface area contributed by atoms with Crippen LogP contribution in [0.4, 0.5) is 11.4 Å². The number of hydrogen-bond donors (Lipinski definition) is 8. The van der Waals surface area contributed by atoms with Gasteiger partial charge in [-0.15, -0.1) is 0 Å². The van der Waals surface area contributed by atoms with Gasteiger partial charge in [0.15, 0.2) is 0 Å².